The number of para-hydroxylation sites is 2. The van der Waals surface area contributed by atoms with Crippen molar-refractivity contribution < 1.29 is 9.53 Å². The van der Waals surface area contributed by atoms with Crippen molar-refractivity contribution >= 4 is 6.03 Å². The Labute approximate surface area is 207 Å². The SMILES string of the molecule is CCCN1CCc2c(c(CN(C(=O)NCc3ccccc3)C3CC3)nn2-c2ccccc2OC)C1. The molecule has 1 aliphatic heterocycles. The van der Waals surface area contributed by atoms with Gasteiger partial charge in [0.25, 0.3) is 0 Å². The third-order valence-corrected chi connectivity index (χ3v) is 6.93. The zero-order chi connectivity index (χ0) is 24.2. The van der Waals surface area contributed by atoms with Crippen LogP contribution in [0.2, 0.25) is 0 Å². The molecule has 5 rings (SSSR count). The average molecular weight is 474 g/mol. The molecule has 0 radical (unpaired) electrons. The molecule has 0 spiro atoms. The molecule has 1 aromatic heterocycles. The number of methoxy groups -OCH3 is 1. The van der Waals surface area contributed by atoms with Gasteiger partial charge in [0.05, 0.1) is 25.0 Å². The highest BCUT2D eigenvalue weighted by Gasteiger charge is 2.35. The molecule has 1 fully saturated rings. The number of rotatable bonds is 9. The minimum absolute atomic E-state index is 0.0156. The highest BCUT2D eigenvalue weighted by Crippen LogP contribution is 2.33. The van der Waals surface area contributed by atoms with Gasteiger partial charge in [-0.05, 0) is 43.5 Å². The molecule has 1 aliphatic carbocycles. The van der Waals surface area contributed by atoms with E-state index in [9.17, 15) is 4.79 Å². The Morgan fingerprint density at radius 2 is 1.91 bits per heavy atom. The third-order valence-electron chi connectivity index (χ3n) is 6.93. The number of aromatic nitrogens is 2. The van der Waals surface area contributed by atoms with Gasteiger partial charge in [0.2, 0.25) is 0 Å². The lowest BCUT2D eigenvalue weighted by Crippen LogP contribution is -2.41. The van der Waals surface area contributed by atoms with Crippen molar-refractivity contribution in [2.75, 3.05) is 20.2 Å². The molecule has 2 amide bonds. The number of nitrogens with one attached hydrogen (secondary N) is 1. The summed E-state index contributed by atoms with van der Waals surface area (Å²) in [7, 11) is 1.70. The topological polar surface area (TPSA) is 62.6 Å². The number of nitrogens with zero attached hydrogens (tertiary/aromatic N) is 4. The Bertz CT molecular complexity index is 1160. The first-order valence-electron chi connectivity index (χ1n) is 12.7. The smallest absolute Gasteiger partial charge is 0.318 e. The maximum atomic E-state index is 13.3. The third kappa shape index (κ3) is 5.20. The molecule has 7 nitrogen and oxygen atoms in total. The molecule has 184 valence electrons. The molecule has 2 aromatic carbocycles. The van der Waals surface area contributed by atoms with Crippen LogP contribution in [0.1, 0.15) is 48.7 Å². The normalized spacial score (nSPS) is 15.5. The monoisotopic (exact) mass is 473 g/mol. The van der Waals surface area contributed by atoms with Crippen molar-refractivity contribution in [1.29, 1.82) is 0 Å². The Morgan fingerprint density at radius 1 is 1.14 bits per heavy atom. The van der Waals surface area contributed by atoms with E-state index in [0.717, 1.165) is 68.0 Å². The van der Waals surface area contributed by atoms with E-state index in [-0.39, 0.29) is 12.1 Å². The van der Waals surface area contributed by atoms with Crippen molar-refractivity contribution in [3.8, 4) is 11.4 Å². The van der Waals surface area contributed by atoms with Crippen LogP contribution in [0.4, 0.5) is 4.79 Å². The summed E-state index contributed by atoms with van der Waals surface area (Å²) in [5, 5.41) is 8.23. The summed E-state index contributed by atoms with van der Waals surface area (Å²) in [6.07, 6.45) is 4.16. The molecule has 35 heavy (non-hydrogen) atoms. The zero-order valence-corrected chi connectivity index (χ0v) is 20.7. The number of carbonyl (C=O) groups is 1. The number of benzene rings is 2. The van der Waals surface area contributed by atoms with E-state index < -0.39 is 0 Å². The van der Waals surface area contributed by atoms with E-state index in [2.05, 4.69) is 27.9 Å². The van der Waals surface area contributed by atoms with Crippen LogP contribution in [0.25, 0.3) is 5.69 Å². The number of hydrogen-bond donors (Lipinski definition) is 1. The van der Waals surface area contributed by atoms with Gasteiger partial charge in [0.1, 0.15) is 11.4 Å². The molecule has 1 saturated carbocycles. The van der Waals surface area contributed by atoms with Crippen LogP contribution in [0.15, 0.2) is 54.6 Å². The van der Waals surface area contributed by atoms with Crippen molar-refractivity contribution in [1.82, 2.24) is 24.9 Å². The maximum absolute atomic E-state index is 13.3. The Kier molecular flexibility index (Phi) is 7.04. The van der Waals surface area contributed by atoms with E-state index >= 15 is 0 Å². The molecule has 0 saturated heterocycles. The van der Waals surface area contributed by atoms with Gasteiger partial charge in [-0.1, -0.05) is 49.4 Å². The summed E-state index contributed by atoms with van der Waals surface area (Å²) in [4.78, 5) is 17.7. The molecular weight excluding hydrogens is 438 g/mol. The minimum atomic E-state index is -0.0156. The first-order chi connectivity index (χ1) is 17.2. The van der Waals surface area contributed by atoms with E-state index in [0.29, 0.717) is 13.1 Å². The second kappa shape index (κ2) is 10.5. The second-order valence-electron chi connectivity index (χ2n) is 9.49. The van der Waals surface area contributed by atoms with Crippen LogP contribution in [-0.4, -0.2) is 51.9 Å². The van der Waals surface area contributed by atoms with Crippen LogP contribution < -0.4 is 10.1 Å². The highest BCUT2D eigenvalue weighted by atomic mass is 16.5. The van der Waals surface area contributed by atoms with Crippen molar-refractivity contribution in [2.45, 2.75) is 58.3 Å². The first-order valence-corrected chi connectivity index (χ1v) is 12.7. The number of urea groups is 1. The fourth-order valence-corrected chi connectivity index (χ4v) is 4.97. The van der Waals surface area contributed by atoms with E-state index in [1.807, 2.05) is 53.4 Å². The molecule has 1 N–H and O–H groups in total. The van der Waals surface area contributed by atoms with Crippen LogP contribution in [-0.2, 0) is 26.1 Å². The van der Waals surface area contributed by atoms with Crippen molar-refractivity contribution in [2.24, 2.45) is 0 Å². The van der Waals surface area contributed by atoms with Crippen LogP contribution in [0.3, 0.4) is 0 Å². The number of amides is 2. The van der Waals surface area contributed by atoms with E-state index in [4.69, 9.17) is 9.84 Å². The van der Waals surface area contributed by atoms with Gasteiger partial charge in [0.15, 0.2) is 0 Å². The summed E-state index contributed by atoms with van der Waals surface area (Å²) in [5.74, 6) is 0.806. The molecule has 0 bridgehead atoms. The van der Waals surface area contributed by atoms with Crippen LogP contribution in [0.5, 0.6) is 5.75 Å². The largest absolute Gasteiger partial charge is 0.494 e. The first kappa shape index (κ1) is 23.4. The van der Waals surface area contributed by atoms with Crippen LogP contribution in [0, 0.1) is 0 Å². The summed E-state index contributed by atoms with van der Waals surface area (Å²) in [5.41, 5.74) is 5.54. The fraction of sp³-hybridized carbons (Fsp3) is 0.429. The number of carbonyl (C=O) groups excluding carboxylic acids is 1. The fourth-order valence-electron chi connectivity index (χ4n) is 4.97. The minimum Gasteiger partial charge on any atom is -0.494 e. The van der Waals surface area contributed by atoms with Gasteiger partial charge >= 0.3 is 6.03 Å². The van der Waals surface area contributed by atoms with Gasteiger partial charge in [-0.2, -0.15) is 5.10 Å². The maximum Gasteiger partial charge on any atom is 0.318 e. The standard InChI is InChI=1S/C28H35N5O2/c1-3-16-31-17-15-25-23(19-31)24(30-33(25)26-11-7-8-12-27(26)35-2)20-32(22-13-14-22)28(34)29-18-21-9-5-4-6-10-21/h4-12,22H,3,13-20H2,1-2H3,(H,29,34). The van der Waals surface area contributed by atoms with Gasteiger partial charge in [0, 0.05) is 37.7 Å². The van der Waals surface area contributed by atoms with Gasteiger partial charge in [-0.25, -0.2) is 9.48 Å². The zero-order valence-electron chi connectivity index (χ0n) is 20.7. The summed E-state index contributed by atoms with van der Waals surface area (Å²) >= 11 is 0. The molecule has 7 heteroatoms. The quantitative estimate of drug-likeness (QED) is 0.496. The molecule has 2 aliphatic rings. The lowest BCUT2D eigenvalue weighted by atomic mass is 10.0. The second-order valence-corrected chi connectivity index (χ2v) is 9.49. The molecule has 3 aromatic rings. The molecule has 0 atom stereocenters. The molecular formula is C28H35N5O2. The molecule has 0 unspecified atom stereocenters. The van der Waals surface area contributed by atoms with E-state index in [1.54, 1.807) is 7.11 Å². The van der Waals surface area contributed by atoms with Gasteiger partial charge in [-0.3, -0.25) is 4.90 Å². The van der Waals surface area contributed by atoms with Crippen molar-refractivity contribution in [3.63, 3.8) is 0 Å². The van der Waals surface area contributed by atoms with Gasteiger partial charge < -0.3 is 15.0 Å². The Hall–Kier alpha value is -3.32. The van der Waals surface area contributed by atoms with E-state index in [1.165, 1.54) is 11.3 Å². The van der Waals surface area contributed by atoms with Gasteiger partial charge in [-0.15, -0.1) is 0 Å². The van der Waals surface area contributed by atoms with Crippen molar-refractivity contribution in [3.05, 3.63) is 77.1 Å². The highest BCUT2D eigenvalue weighted by molar-refractivity contribution is 5.75. The summed E-state index contributed by atoms with van der Waals surface area (Å²) in [6.45, 7) is 6.24. The Morgan fingerprint density at radius 3 is 2.66 bits per heavy atom. The number of hydrogen-bond acceptors (Lipinski definition) is 4. The number of fused-ring (bicyclic) bond motifs is 1. The predicted octanol–water partition coefficient (Wildman–Crippen LogP) is 4.52. The predicted molar refractivity (Wildman–Crippen MR) is 137 cm³/mol. The number of ether oxygens (including phenoxy) is 1. The lowest BCUT2D eigenvalue weighted by molar-refractivity contribution is 0.190. The average Bonchev–Trinajstić information content (AvgIpc) is 3.68. The summed E-state index contributed by atoms with van der Waals surface area (Å²) in [6, 6.07) is 18.4. The van der Waals surface area contributed by atoms with Crippen LogP contribution >= 0.6 is 0 Å². The Balaban J connectivity index is 1.43. The lowest BCUT2D eigenvalue weighted by Gasteiger charge is -2.28. The molecule has 2 heterocycles. The summed E-state index contributed by atoms with van der Waals surface area (Å²) < 4.78 is 7.71.